The number of hydrogen-bond donors (Lipinski definition) is 2. The molecule has 1 aliphatic rings. The average molecular weight is 555 g/mol. The van der Waals surface area contributed by atoms with E-state index in [0.29, 0.717) is 25.4 Å². The van der Waals surface area contributed by atoms with Crippen LogP contribution in [0.3, 0.4) is 0 Å². The summed E-state index contributed by atoms with van der Waals surface area (Å²) in [5.74, 6) is -2.59. The van der Waals surface area contributed by atoms with Crippen molar-refractivity contribution in [2.45, 2.75) is 44.3 Å². The number of benzene rings is 3. The zero-order valence-corrected chi connectivity index (χ0v) is 23.6. The van der Waals surface area contributed by atoms with Gasteiger partial charge in [-0.05, 0) is 82.8 Å². The molecule has 0 spiro atoms. The van der Waals surface area contributed by atoms with E-state index in [-0.39, 0.29) is 23.9 Å². The van der Waals surface area contributed by atoms with Gasteiger partial charge in [-0.3, -0.25) is 0 Å². The summed E-state index contributed by atoms with van der Waals surface area (Å²) >= 11 is 1.82. The van der Waals surface area contributed by atoms with Gasteiger partial charge in [0.25, 0.3) is 0 Å². The van der Waals surface area contributed by atoms with E-state index in [9.17, 15) is 13.2 Å². The Morgan fingerprint density at radius 1 is 0.949 bits per heavy atom. The second kappa shape index (κ2) is 14.0. The molecule has 3 aromatic rings. The molecule has 0 amide bonds. The topological polar surface area (TPSA) is 55.1 Å². The van der Waals surface area contributed by atoms with Crippen LogP contribution in [0.1, 0.15) is 43.1 Å². The summed E-state index contributed by atoms with van der Waals surface area (Å²) in [6.07, 6.45) is 0.0239. The van der Waals surface area contributed by atoms with E-state index in [2.05, 4.69) is 37.4 Å². The van der Waals surface area contributed by atoms with E-state index in [1.165, 1.54) is 28.2 Å². The maximum absolute atomic E-state index is 14.1. The Balaban J connectivity index is 0.00000205. The van der Waals surface area contributed by atoms with Gasteiger partial charge < -0.3 is 15.8 Å². The number of nitrogens with one attached hydrogen (secondary N) is 1. The minimum atomic E-state index is -2.67. The van der Waals surface area contributed by atoms with Crippen LogP contribution in [0.4, 0.5) is 13.2 Å². The van der Waals surface area contributed by atoms with Crippen LogP contribution in [-0.2, 0) is 11.2 Å². The van der Waals surface area contributed by atoms with Crippen molar-refractivity contribution in [1.82, 2.24) is 5.32 Å². The average Bonchev–Trinajstić information content (AvgIpc) is 3.25. The first-order valence-electron chi connectivity index (χ1n) is 13.1. The van der Waals surface area contributed by atoms with Crippen LogP contribution in [-0.4, -0.2) is 32.8 Å². The minimum absolute atomic E-state index is 0.153. The molecular weight excluding hydrogens is 517 g/mol. The van der Waals surface area contributed by atoms with Crippen LogP contribution < -0.4 is 11.1 Å². The van der Waals surface area contributed by atoms with E-state index >= 15 is 0 Å². The van der Waals surface area contributed by atoms with Crippen molar-refractivity contribution in [1.29, 1.82) is 0 Å². The molecule has 2 atom stereocenters. The Labute approximate surface area is 234 Å². The molecule has 0 aliphatic carbocycles. The first-order chi connectivity index (χ1) is 18.7. The number of rotatable bonds is 10. The number of hydrogen-bond acceptors (Lipinski definition) is 4. The van der Waals surface area contributed by atoms with E-state index in [1.54, 1.807) is 7.05 Å². The van der Waals surface area contributed by atoms with Crippen molar-refractivity contribution >= 4 is 18.6 Å². The monoisotopic (exact) mass is 554 g/mol. The highest BCUT2D eigenvalue weighted by Gasteiger charge is 2.32. The predicted molar refractivity (Wildman–Crippen MR) is 157 cm³/mol. The smallest absolute Gasteiger partial charge is 0.249 e. The van der Waals surface area contributed by atoms with E-state index in [4.69, 9.17) is 10.5 Å². The molecule has 2 unspecified atom stereocenters. The number of aryl methyl sites for hydroxylation is 1. The Morgan fingerprint density at radius 2 is 1.56 bits per heavy atom. The largest absolute Gasteiger partial charge is 0.326 e. The molecule has 0 fully saturated rings. The standard InChI is InChI=1S/C31H35F3N2S.CH2O/c1-20-21(2)30(37-29(20)19-35)27-13-10-25(18-28(27)24-8-11-26(32)12-9-24)23-6-4-22(5-7-23)14-15-31(33,34)16-17-36-3;1-2/h4-13,18,21,30,36H,14-17,19,35H2,1-3H3;1H2. The van der Waals surface area contributed by atoms with Gasteiger partial charge in [0.05, 0.1) is 0 Å². The molecule has 3 N–H and O–H groups in total. The summed E-state index contributed by atoms with van der Waals surface area (Å²) in [5, 5.41) is 3.03. The molecule has 0 saturated carbocycles. The van der Waals surface area contributed by atoms with Crippen LogP contribution >= 0.6 is 11.8 Å². The highest BCUT2D eigenvalue weighted by atomic mass is 32.2. The SMILES string of the molecule is C=O.CNCCC(F)(F)CCc1ccc(-c2ccc(C3SC(CN)=C(C)C3C)c(-c3ccc(F)cc3)c2)cc1. The number of thioether (sulfide) groups is 1. The molecule has 39 heavy (non-hydrogen) atoms. The zero-order chi connectivity index (χ0) is 28.6. The maximum atomic E-state index is 14.1. The lowest BCUT2D eigenvalue weighted by molar-refractivity contribution is -0.0980. The molecule has 4 rings (SSSR count). The predicted octanol–water partition coefficient (Wildman–Crippen LogP) is 7.81. The van der Waals surface area contributed by atoms with Gasteiger partial charge in [0.1, 0.15) is 12.6 Å². The summed E-state index contributed by atoms with van der Waals surface area (Å²) in [7, 11) is 1.69. The molecule has 7 heteroatoms. The number of carbonyl (C=O) groups is 1. The Bertz CT molecular complexity index is 1260. The number of nitrogens with two attached hydrogens (primary N) is 1. The lowest BCUT2D eigenvalue weighted by Gasteiger charge is -2.22. The fraction of sp³-hybridized carbons (Fsp3) is 0.344. The molecule has 1 heterocycles. The molecule has 1 aliphatic heterocycles. The second-order valence-corrected chi connectivity index (χ2v) is 11.1. The van der Waals surface area contributed by atoms with Gasteiger partial charge in [-0.25, -0.2) is 13.2 Å². The Hall–Kier alpha value is -2.87. The number of carbonyl (C=O) groups excluding carboxylic acids is 1. The van der Waals surface area contributed by atoms with E-state index in [1.807, 2.05) is 54.9 Å². The van der Waals surface area contributed by atoms with Gasteiger partial charge in [0.2, 0.25) is 5.92 Å². The summed E-state index contributed by atoms with van der Waals surface area (Å²) in [5.41, 5.74) is 13.5. The normalized spacial score (nSPS) is 17.2. The van der Waals surface area contributed by atoms with Crippen molar-refractivity contribution in [3.63, 3.8) is 0 Å². The lowest BCUT2D eigenvalue weighted by atomic mass is 9.87. The third kappa shape index (κ3) is 7.62. The van der Waals surface area contributed by atoms with Gasteiger partial charge in [-0.2, -0.15) is 0 Å². The van der Waals surface area contributed by atoms with Crippen molar-refractivity contribution in [2.24, 2.45) is 11.7 Å². The van der Waals surface area contributed by atoms with Crippen LogP contribution in [0.5, 0.6) is 0 Å². The third-order valence-electron chi connectivity index (χ3n) is 7.35. The fourth-order valence-electron chi connectivity index (χ4n) is 4.86. The summed E-state index contributed by atoms with van der Waals surface area (Å²) in [6.45, 7) is 7.23. The molecule has 0 saturated heterocycles. The van der Waals surface area contributed by atoms with Crippen molar-refractivity contribution in [3.8, 4) is 22.3 Å². The maximum Gasteiger partial charge on any atom is 0.249 e. The van der Waals surface area contributed by atoms with E-state index in [0.717, 1.165) is 27.8 Å². The molecule has 0 radical (unpaired) electrons. The molecule has 3 nitrogen and oxygen atoms in total. The quantitative estimate of drug-likeness (QED) is 0.268. The van der Waals surface area contributed by atoms with Crippen LogP contribution in [0.25, 0.3) is 22.3 Å². The highest BCUT2D eigenvalue weighted by molar-refractivity contribution is 8.03. The minimum Gasteiger partial charge on any atom is -0.326 e. The zero-order valence-electron chi connectivity index (χ0n) is 22.8. The second-order valence-electron chi connectivity index (χ2n) is 9.85. The van der Waals surface area contributed by atoms with Gasteiger partial charge in [0, 0.05) is 31.2 Å². The Kier molecular flexibility index (Phi) is 11.0. The highest BCUT2D eigenvalue weighted by Crippen LogP contribution is 2.53. The van der Waals surface area contributed by atoms with Crippen LogP contribution in [0, 0.1) is 11.7 Å². The molecule has 0 aromatic heterocycles. The Morgan fingerprint density at radius 3 is 2.15 bits per heavy atom. The van der Waals surface area contributed by atoms with Crippen LogP contribution in [0.2, 0.25) is 0 Å². The van der Waals surface area contributed by atoms with Gasteiger partial charge in [-0.1, -0.05) is 61.0 Å². The summed E-state index contributed by atoms with van der Waals surface area (Å²) in [6, 6.07) is 20.9. The van der Waals surface area contributed by atoms with Crippen molar-refractivity contribution in [2.75, 3.05) is 20.1 Å². The van der Waals surface area contributed by atoms with Gasteiger partial charge in [-0.15, -0.1) is 11.8 Å². The van der Waals surface area contributed by atoms with Crippen LogP contribution in [0.15, 0.2) is 77.2 Å². The van der Waals surface area contributed by atoms with Crippen molar-refractivity contribution in [3.05, 3.63) is 94.2 Å². The number of halogens is 3. The molecule has 3 aromatic carbocycles. The first-order valence-corrected chi connectivity index (χ1v) is 14.0. The van der Waals surface area contributed by atoms with E-state index < -0.39 is 5.92 Å². The van der Waals surface area contributed by atoms with Gasteiger partial charge in [0.15, 0.2) is 0 Å². The lowest BCUT2D eigenvalue weighted by Crippen LogP contribution is -2.23. The number of allylic oxidation sites excluding steroid dienone is 1. The first kappa shape index (κ1) is 30.7. The third-order valence-corrected chi connectivity index (χ3v) is 9.04. The fourth-order valence-corrected chi connectivity index (χ4v) is 6.37. The van der Waals surface area contributed by atoms with Crippen molar-refractivity contribution < 1.29 is 18.0 Å². The molecule has 208 valence electrons. The van der Waals surface area contributed by atoms with Gasteiger partial charge >= 0.3 is 0 Å². The molecular formula is C32H37F3N2OS. The summed E-state index contributed by atoms with van der Waals surface area (Å²) < 4.78 is 41.8. The summed E-state index contributed by atoms with van der Waals surface area (Å²) in [4.78, 5) is 9.23. The number of alkyl halides is 2. The molecule has 0 bridgehead atoms.